The Kier molecular flexibility index (Phi) is 17.2. The second-order valence-corrected chi connectivity index (χ2v) is 35.9. The highest BCUT2D eigenvalue weighted by Gasteiger charge is 2.42. The fourth-order valence-electron chi connectivity index (χ4n) is 22.7. The summed E-state index contributed by atoms with van der Waals surface area (Å²) in [6.45, 7) is 7.24. The maximum atomic E-state index is 6.00. The van der Waals surface area contributed by atoms with Gasteiger partial charge in [-0.1, -0.05) is 324 Å². The maximum Gasteiger partial charge on any atom is 0.165 e. The number of amidine groups is 1. The SMILES string of the molecule is CCC1=C(C2=CC=C(C3=C(c4ccccc4)C=CCC3C)CC2C)C(N2c3ccc(-n4c5ccccc5c5cc6cc(-c7ccc(-c8ccc(-c9nc%10ccccc%10nc9-n9c%10ccc(-n%11c%12ccccc%12c%12ccc%13ccccc%13c%12%11)cc%10c%10c%11ccccc%11ccc%109)cc8-c8ccccc8)cc7)ccc6cc54)cc3C3=c4ccccc4=CCC32)=Nc2ccccc2C1. The Labute approximate surface area is 747 Å². The van der Waals surface area contributed by atoms with Crippen molar-refractivity contribution in [3.63, 3.8) is 0 Å². The van der Waals surface area contributed by atoms with Crippen molar-refractivity contribution < 1.29 is 0 Å². The Morgan fingerprint density at radius 3 is 1.85 bits per heavy atom. The Bertz CT molecular complexity index is 8760. The van der Waals surface area contributed by atoms with Crippen LogP contribution in [0.25, 0.3) is 188 Å². The zero-order valence-corrected chi connectivity index (χ0v) is 71.9. The number of nitrogens with zero attached hydrogens (tertiary/aromatic N) is 7. The van der Waals surface area contributed by atoms with Crippen LogP contribution in [-0.4, -0.2) is 35.5 Å². The Morgan fingerprint density at radius 2 is 1.03 bits per heavy atom. The van der Waals surface area contributed by atoms with Crippen LogP contribution in [-0.2, 0) is 6.42 Å². The van der Waals surface area contributed by atoms with E-state index in [1.165, 1.54) is 153 Å². The molecule has 4 aromatic heterocycles. The highest BCUT2D eigenvalue weighted by atomic mass is 15.2. The van der Waals surface area contributed by atoms with E-state index in [2.05, 4.69) is 434 Å². The molecule has 26 rings (SSSR count). The quantitative estimate of drug-likeness (QED) is 0.130. The van der Waals surface area contributed by atoms with E-state index < -0.39 is 0 Å². The molecule has 21 aromatic rings. The molecule has 6 heterocycles. The first-order valence-corrected chi connectivity index (χ1v) is 45.7. The lowest BCUT2D eigenvalue weighted by molar-refractivity contribution is 0.634. The van der Waals surface area contributed by atoms with Crippen LogP contribution in [0.15, 0.2) is 421 Å². The summed E-state index contributed by atoms with van der Waals surface area (Å²) in [5.74, 6) is 2.49. The van der Waals surface area contributed by atoms with E-state index in [9.17, 15) is 0 Å². The molecular formula is C122H87N7. The average Bonchev–Trinajstić information content (AvgIpc) is 1.56. The molecule has 0 radical (unpaired) electrons. The second-order valence-electron chi connectivity index (χ2n) is 35.9. The second kappa shape index (κ2) is 29.7. The first-order chi connectivity index (χ1) is 63.7. The van der Waals surface area contributed by atoms with Gasteiger partial charge in [0.1, 0.15) is 11.5 Å². The molecule has 7 heteroatoms. The fourth-order valence-corrected chi connectivity index (χ4v) is 22.7. The molecule has 5 aliphatic rings. The number of fused-ring (bicyclic) bond motifs is 20. The summed E-state index contributed by atoms with van der Waals surface area (Å²) in [6, 6.07) is 135. The first kappa shape index (κ1) is 74.6. The number of para-hydroxylation sites is 5. The topological polar surface area (TPSA) is 56.2 Å². The lowest BCUT2D eigenvalue weighted by Crippen LogP contribution is -2.44. The summed E-state index contributed by atoms with van der Waals surface area (Å²) < 4.78 is 7.38. The van der Waals surface area contributed by atoms with E-state index in [1.54, 1.807) is 0 Å². The lowest BCUT2D eigenvalue weighted by atomic mass is 9.74. The summed E-state index contributed by atoms with van der Waals surface area (Å²) in [5, 5.41) is 17.0. The van der Waals surface area contributed by atoms with Crippen molar-refractivity contribution in [1.29, 1.82) is 0 Å². The molecule has 0 amide bonds. The predicted octanol–water partition coefficient (Wildman–Crippen LogP) is 29.6. The Balaban J connectivity index is 0.567. The number of aliphatic imine (C=N–C) groups is 1. The van der Waals surface area contributed by atoms with Gasteiger partial charge in [-0.15, -0.1) is 0 Å². The predicted molar refractivity (Wildman–Crippen MR) is 541 cm³/mol. The van der Waals surface area contributed by atoms with Crippen molar-refractivity contribution in [2.45, 2.75) is 58.9 Å². The number of allylic oxidation sites excluding steroid dienone is 8. The molecule has 3 aliphatic carbocycles. The third-order valence-corrected chi connectivity index (χ3v) is 28.7. The van der Waals surface area contributed by atoms with E-state index in [-0.39, 0.29) is 12.0 Å². The largest absolute Gasteiger partial charge is 0.317 e. The van der Waals surface area contributed by atoms with E-state index >= 15 is 0 Å². The number of benzene rings is 17. The molecule has 0 fully saturated rings. The van der Waals surface area contributed by atoms with Gasteiger partial charge in [0.2, 0.25) is 0 Å². The zero-order chi connectivity index (χ0) is 85.2. The van der Waals surface area contributed by atoms with Crippen LogP contribution < -0.4 is 15.3 Å². The first-order valence-electron chi connectivity index (χ1n) is 45.7. The van der Waals surface area contributed by atoms with Gasteiger partial charge in [-0.2, -0.15) is 0 Å². The van der Waals surface area contributed by atoms with Gasteiger partial charge in [-0.05, 0) is 251 Å². The minimum Gasteiger partial charge on any atom is -0.317 e. The van der Waals surface area contributed by atoms with Crippen molar-refractivity contribution in [1.82, 2.24) is 23.7 Å². The zero-order valence-electron chi connectivity index (χ0n) is 71.9. The molecule has 0 saturated carbocycles. The molecule has 3 atom stereocenters. The molecule has 2 aliphatic heterocycles. The minimum atomic E-state index is 0.0140. The lowest BCUT2D eigenvalue weighted by Gasteiger charge is -2.35. The average molecular weight is 1650 g/mol. The van der Waals surface area contributed by atoms with Crippen LogP contribution in [0.3, 0.4) is 0 Å². The van der Waals surface area contributed by atoms with Gasteiger partial charge in [0.25, 0.3) is 0 Å². The van der Waals surface area contributed by atoms with E-state index in [0.29, 0.717) is 5.92 Å². The van der Waals surface area contributed by atoms with Gasteiger partial charge in [-0.25, -0.2) is 15.0 Å². The standard InChI is InChI=1S/C122H87N7/c1-4-76-67-86-34-14-20-41-105(86)124-121(116(76)92-59-53-87(66-75(92)3)115-74(2)26-25-40-94(115)78-27-7-5-8-28-78)128-110-64-57-90(72-103(110)117-95-35-15-11-31-80(95)55-62-112(117)128)126-108-44-23-19-39-99(108)102-70-89-68-84(50-51-85(89)71-114(102)126)77-46-48-83(49-47-77)93-60-54-88(69-101(93)79-29-9-6-10-30-79)119-122(125-107-43-22-21-42-106(107)123-119)129-111-65-58-91(73-104(111)118-96-36-16-12-32-81(96)56-63-113(118)129)127-109-45-24-18-38-98(109)100-61-52-82-33-13-17-37-97(82)120(100)127/h5-25,27-61,63-65,68-75,112H,4,26,62,66-67H2,1-3H3. The molecule has 0 bridgehead atoms. The number of rotatable bonds is 11. The summed E-state index contributed by atoms with van der Waals surface area (Å²) in [5.41, 5.74) is 35.1. The van der Waals surface area contributed by atoms with Gasteiger partial charge in [-0.3, -0.25) is 4.57 Å². The monoisotopic (exact) mass is 1650 g/mol. The van der Waals surface area contributed by atoms with Crippen molar-refractivity contribution >= 4 is 143 Å². The van der Waals surface area contributed by atoms with Gasteiger partial charge < -0.3 is 14.0 Å². The van der Waals surface area contributed by atoms with Crippen LogP contribution in [0.4, 0.5) is 11.4 Å². The fraction of sp³-hybridized carbons (Fsp3) is 0.0902. The molecule has 0 N–H and O–H groups in total. The van der Waals surface area contributed by atoms with E-state index in [1.807, 2.05) is 0 Å². The van der Waals surface area contributed by atoms with E-state index in [4.69, 9.17) is 15.0 Å². The summed E-state index contributed by atoms with van der Waals surface area (Å²) >= 11 is 0. The summed E-state index contributed by atoms with van der Waals surface area (Å²) in [4.78, 5) is 20.1. The molecule has 17 aromatic carbocycles. The number of hydrogen-bond donors (Lipinski definition) is 0. The smallest absolute Gasteiger partial charge is 0.165 e. The van der Waals surface area contributed by atoms with Gasteiger partial charge in [0.15, 0.2) is 5.82 Å². The van der Waals surface area contributed by atoms with Crippen LogP contribution in [0.1, 0.15) is 63.1 Å². The van der Waals surface area contributed by atoms with E-state index in [0.717, 1.165) is 133 Å². The van der Waals surface area contributed by atoms with Crippen LogP contribution >= 0.6 is 0 Å². The van der Waals surface area contributed by atoms with Crippen molar-refractivity contribution in [2.24, 2.45) is 16.8 Å². The number of anilines is 1. The van der Waals surface area contributed by atoms with Crippen LogP contribution in [0.5, 0.6) is 0 Å². The normalized spacial score (nSPS) is 16.2. The number of aromatic nitrogens is 5. The minimum absolute atomic E-state index is 0.0140. The molecule has 0 saturated heterocycles. The molecule has 129 heavy (non-hydrogen) atoms. The van der Waals surface area contributed by atoms with Crippen molar-refractivity contribution in [2.75, 3.05) is 4.90 Å². The summed E-state index contributed by atoms with van der Waals surface area (Å²) in [7, 11) is 0. The molecule has 3 unspecified atom stereocenters. The molecular weight excluding hydrogens is 1560 g/mol. The van der Waals surface area contributed by atoms with Crippen LogP contribution in [0.2, 0.25) is 0 Å². The van der Waals surface area contributed by atoms with Crippen molar-refractivity contribution in [3.05, 3.63) is 443 Å². The van der Waals surface area contributed by atoms with Crippen molar-refractivity contribution in [3.8, 4) is 61.8 Å². The maximum absolute atomic E-state index is 6.00. The molecule has 7 nitrogen and oxygen atoms in total. The van der Waals surface area contributed by atoms with Gasteiger partial charge in [0.05, 0.1) is 61.6 Å². The highest BCUT2D eigenvalue weighted by Crippen LogP contribution is 2.52. The molecule has 610 valence electrons. The third kappa shape index (κ3) is 11.8. The van der Waals surface area contributed by atoms with Crippen LogP contribution in [0, 0.1) is 11.8 Å². The summed E-state index contributed by atoms with van der Waals surface area (Å²) in [6.07, 6.45) is 16.8. The third-order valence-electron chi connectivity index (χ3n) is 28.7. The Morgan fingerprint density at radius 1 is 0.388 bits per heavy atom. The highest BCUT2D eigenvalue weighted by molar-refractivity contribution is 6.24. The van der Waals surface area contributed by atoms with Gasteiger partial charge >= 0.3 is 0 Å². The molecule has 0 spiro atoms. The Hall–Kier alpha value is -15.8. The number of hydrogen-bond acceptors (Lipinski definition) is 4. The van der Waals surface area contributed by atoms with Gasteiger partial charge in [0, 0.05) is 65.8 Å².